The van der Waals surface area contributed by atoms with E-state index < -0.39 is 10.8 Å². The second kappa shape index (κ2) is 8.88. The third-order valence-corrected chi connectivity index (χ3v) is 5.13. The van der Waals surface area contributed by atoms with Crippen LogP contribution in [-0.2, 0) is 10.8 Å². The first-order valence-corrected chi connectivity index (χ1v) is 9.92. The molecule has 0 radical (unpaired) electrons. The Bertz CT molecular complexity index is 671. The summed E-state index contributed by atoms with van der Waals surface area (Å²) < 4.78 is 12.5. The molecule has 3 nitrogen and oxygen atoms in total. The monoisotopic (exact) mass is 344 g/mol. The smallest absolute Gasteiger partial charge is 0.0640 e. The second-order valence-corrected chi connectivity index (χ2v) is 8.22. The van der Waals surface area contributed by atoms with Gasteiger partial charge in [-0.3, -0.25) is 4.21 Å². The maximum atomic E-state index is 12.5. The lowest BCUT2D eigenvalue weighted by molar-refractivity contribution is 0.539. The number of benzene rings is 2. The van der Waals surface area contributed by atoms with Crippen LogP contribution in [0.2, 0.25) is 0 Å². The summed E-state index contributed by atoms with van der Waals surface area (Å²) in [6, 6.07) is 16.4. The highest BCUT2D eigenvalue weighted by atomic mass is 32.2. The molecule has 0 aliphatic rings. The Morgan fingerprint density at radius 3 is 2.33 bits per heavy atom. The fourth-order valence-corrected chi connectivity index (χ4v) is 3.72. The van der Waals surface area contributed by atoms with Gasteiger partial charge in [0, 0.05) is 23.2 Å². The van der Waals surface area contributed by atoms with Crippen LogP contribution < -0.4 is 10.6 Å². The van der Waals surface area contributed by atoms with Gasteiger partial charge in [-0.2, -0.15) is 0 Å². The van der Waals surface area contributed by atoms with Crippen molar-refractivity contribution in [3.05, 3.63) is 48.5 Å². The molecule has 0 fully saturated rings. The lowest BCUT2D eigenvalue weighted by Crippen LogP contribution is -2.18. The topological polar surface area (TPSA) is 41.1 Å². The van der Waals surface area contributed by atoms with Crippen molar-refractivity contribution in [2.45, 2.75) is 45.1 Å². The summed E-state index contributed by atoms with van der Waals surface area (Å²) in [5.74, 6) is 1.24. The molecule has 2 unspecified atom stereocenters. The average Bonchev–Trinajstić information content (AvgIpc) is 2.55. The number of rotatable bonds is 8. The largest absolute Gasteiger partial charge is 0.382 e. The van der Waals surface area contributed by atoms with E-state index >= 15 is 0 Å². The SMILES string of the molecule is CCS(=O)c1cc(Nc2ccccc2)ccc1NC(C)CC(C)C. The molecule has 0 spiro atoms. The van der Waals surface area contributed by atoms with Crippen molar-refractivity contribution in [1.29, 1.82) is 0 Å². The molecule has 0 saturated carbocycles. The van der Waals surface area contributed by atoms with Crippen LogP contribution in [-0.4, -0.2) is 16.0 Å². The average molecular weight is 345 g/mol. The van der Waals surface area contributed by atoms with Gasteiger partial charge in [0.1, 0.15) is 0 Å². The van der Waals surface area contributed by atoms with E-state index in [4.69, 9.17) is 0 Å². The zero-order valence-electron chi connectivity index (χ0n) is 15.0. The highest BCUT2D eigenvalue weighted by Crippen LogP contribution is 2.27. The number of hydrogen-bond acceptors (Lipinski definition) is 3. The van der Waals surface area contributed by atoms with Crippen LogP contribution in [0.15, 0.2) is 53.4 Å². The summed E-state index contributed by atoms with van der Waals surface area (Å²) in [4.78, 5) is 0.869. The van der Waals surface area contributed by atoms with Crippen molar-refractivity contribution in [2.75, 3.05) is 16.4 Å². The predicted octanol–water partition coefficient (Wildman–Crippen LogP) is 5.40. The normalized spacial score (nSPS) is 13.5. The Balaban J connectivity index is 2.23. The van der Waals surface area contributed by atoms with Gasteiger partial charge < -0.3 is 10.6 Å². The van der Waals surface area contributed by atoms with Crippen molar-refractivity contribution in [1.82, 2.24) is 0 Å². The van der Waals surface area contributed by atoms with Crippen molar-refractivity contribution in [3.63, 3.8) is 0 Å². The van der Waals surface area contributed by atoms with Gasteiger partial charge >= 0.3 is 0 Å². The van der Waals surface area contributed by atoms with E-state index in [0.29, 0.717) is 17.7 Å². The van der Waals surface area contributed by atoms with Crippen molar-refractivity contribution in [2.24, 2.45) is 5.92 Å². The van der Waals surface area contributed by atoms with Crippen LogP contribution in [0.5, 0.6) is 0 Å². The molecule has 0 aliphatic carbocycles. The van der Waals surface area contributed by atoms with E-state index in [2.05, 4.69) is 31.4 Å². The number of hydrogen-bond donors (Lipinski definition) is 2. The van der Waals surface area contributed by atoms with Gasteiger partial charge in [-0.25, -0.2) is 0 Å². The molecule has 0 amide bonds. The van der Waals surface area contributed by atoms with Gasteiger partial charge in [-0.1, -0.05) is 39.0 Å². The summed E-state index contributed by atoms with van der Waals surface area (Å²) in [6.45, 7) is 8.57. The molecule has 130 valence electrons. The van der Waals surface area contributed by atoms with Crippen LogP contribution in [0.3, 0.4) is 0 Å². The van der Waals surface area contributed by atoms with Crippen LogP contribution in [0.1, 0.15) is 34.1 Å². The van der Waals surface area contributed by atoms with Crippen LogP contribution >= 0.6 is 0 Å². The number of nitrogens with one attached hydrogen (secondary N) is 2. The minimum absolute atomic E-state index is 0.352. The molecule has 0 heterocycles. The second-order valence-electron chi connectivity index (χ2n) is 6.51. The fraction of sp³-hybridized carbons (Fsp3) is 0.400. The van der Waals surface area contributed by atoms with Crippen molar-refractivity contribution in [3.8, 4) is 0 Å². The molecule has 2 aromatic rings. The molecule has 0 saturated heterocycles. The molecule has 2 rings (SSSR count). The number of anilines is 3. The maximum absolute atomic E-state index is 12.5. The van der Waals surface area contributed by atoms with E-state index in [-0.39, 0.29) is 0 Å². The summed E-state index contributed by atoms with van der Waals surface area (Å²) in [5.41, 5.74) is 2.96. The quantitative estimate of drug-likeness (QED) is 0.673. The fourth-order valence-electron chi connectivity index (χ4n) is 2.78. The van der Waals surface area contributed by atoms with Gasteiger partial charge in [-0.05, 0) is 49.6 Å². The lowest BCUT2D eigenvalue weighted by atomic mass is 10.1. The molecule has 0 bridgehead atoms. The van der Waals surface area contributed by atoms with Crippen LogP contribution in [0, 0.1) is 5.92 Å². The standard InChI is InChI=1S/C20H28N2OS/c1-5-24(23)20-14-18(22-17-9-7-6-8-10-17)11-12-19(20)21-16(4)13-15(2)3/h6-12,14-16,21-22H,5,13H2,1-4H3. The molecule has 4 heteroatoms. The van der Waals surface area contributed by atoms with Gasteiger partial charge in [0.25, 0.3) is 0 Å². The van der Waals surface area contributed by atoms with Crippen LogP contribution in [0.4, 0.5) is 17.1 Å². The van der Waals surface area contributed by atoms with E-state index in [1.54, 1.807) is 0 Å². The van der Waals surface area contributed by atoms with E-state index in [0.717, 1.165) is 28.4 Å². The first kappa shape index (κ1) is 18.5. The Morgan fingerprint density at radius 1 is 1.00 bits per heavy atom. The molecule has 0 aliphatic heterocycles. The molecule has 2 N–H and O–H groups in total. The minimum atomic E-state index is -1.00. The van der Waals surface area contributed by atoms with Gasteiger partial charge in [-0.15, -0.1) is 0 Å². The molecule has 2 atom stereocenters. The highest BCUT2D eigenvalue weighted by molar-refractivity contribution is 7.85. The van der Waals surface area contributed by atoms with Crippen molar-refractivity contribution < 1.29 is 4.21 Å². The van der Waals surface area contributed by atoms with Crippen molar-refractivity contribution >= 4 is 27.9 Å². The summed E-state index contributed by atoms with van der Waals surface area (Å²) in [7, 11) is -1.00. The van der Waals surface area contributed by atoms with E-state index in [9.17, 15) is 4.21 Å². The summed E-state index contributed by atoms with van der Waals surface area (Å²) in [6.07, 6.45) is 1.09. The zero-order valence-corrected chi connectivity index (χ0v) is 15.8. The predicted molar refractivity (Wildman–Crippen MR) is 106 cm³/mol. The third-order valence-electron chi connectivity index (χ3n) is 3.78. The van der Waals surface area contributed by atoms with Crippen LogP contribution in [0.25, 0.3) is 0 Å². The third kappa shape index (κ3) is 5.38. The lowest BCUT2D eigenvalue weighted by Gasteiger charge is -2.20. The molecular formula is C20H28N2OS. The Hall–Kier alpha value is -1.81. The van der Waals surface area contributed by atoms with E-state index in [1.165, 1.54) is 0 Å². The number of para-hydroxylation sites is 1. The summed E-state index contributed by atoms with van der Waals surface area (Å²) >= 11 is 0. The Kier molecular flexibility index (Phi) is 6.85. The van der Waals surface area contributed by atoms with Gasteiger partial charge in [0.15, 0.2) is 0 Å². The first-order chi connectivity index (χ1) is 11.5. The Morgan fingerprint density at radius 2 is 1.71 bits per heavy atom. The molecular weight excluding hydrogens is 316 g/mol. The summed E-state index contributed by atoms with van der Waals surface area (Å²) in [5, 5.41) is 6.90. The Labute approximate surface area is 148 Å². The first-order valence-electron chi connectivity index (χ1n) is 8.60. The maximum Gasteiger partial charge on any atom is 0.0640 e. The van der Waals surface area contributed by atoms with Gasteiger partial charge in [0.05, 0.1) is 21.4 Å². The van der Waals surface area contributed by atoms with Gasteiger partial charge in [0.2, 0.25) is 0 Å². The zero-order chi connectivity index (χ0) is 17.5. The highest BCUT2D eigenvalue weighted by Gasteiger charge is 2.13. The minimum Gasteiger partial charge on any atom is -0.382 e. The molecule has 24 heavy (non-hydrogen) atoms. The molecule has 0 aromatic heterocycles. The molecule has 2 aromatic carbocycles. The van der Waals surface area contributed by atoms with E-state index in [1.807, 2.05) is 55.5 Å².